The molecular formula is C24H27N3O3. The lowest BCUT2D eigenvalue weighted by molar-refractivity contribution is -0.151. The topological polar surface area (TPSA) is 64.4 Å². The van der Waals surface area contributed by atoms with E-state index in [-0.39, 0.29) is 24.3 Å². The highest BCUT2D eigenvalue weighted by Gasteiger charge is 2.28. The molecule has 0 spiro atoms. The maximum absolute atomic E-state index is 13.1. The number of fused-ring (bicyclic) bond motifs is 1. The maximum Gasteiger partial charge on any atom is 0.309 e. The van der Waals surface area contributed by atoms with Crippen LogP contribution in [-0.2, 0) is 27.3 Å². The number of piperidine rings is 1. The van der Waals surface area contributed by atoms with Crippen molar-refractivity contribution in [3.05, 3.63) is 66.0 Å². The second-order valence-electron chi connectivity index (χ2n) is 7.67. The lowest BCUT2D eigenvalue weighted by atomic mass is 9.97. The highest BCUT2D eigenvalue weighted by molar-refractivity contribution is 5.81. The average molecular weight is 405 g/mol. The molecule has 0 saturated carbocycles. The summed E-state index contributed by atoms with van der Waals surface area (Å²) in [5.41, 5.74) is 3.03. The Hall–Kier alpha value is -3.15. The quantitative estimate of drug-likeness (QED) is 0.590. The molecule has 3 aromatic rings. The van der Waals surface area contributed by atoms with Gasteiger partial charge in [-0.25, -0.2) is 4.98 Å². The van der Waals surface area contributed by atoms with Crippen LogP contribution < -0.4 is 0 Å². The van der Waals surface area contributed by atoms with Crippen LogP contribution in [0, 0.1) is 5.92 Å². The summed E-state index contributed by atoms with van der Waals surface area (Å²) in [4.78, 5) is 31.7. The van der Waals surface area contributed by atoms with Crippen molar-refractivity contribution in [1.29, 1.82) is 0 Å². The predicted octanol–water partition coefficient (Wildman–Crippen LogP) is 3.43. The minimum atomic E-state index is -0.143. The van der Waals surface area contributed by atoms with Gasteiger partial charge in [0.05, 0.1) is 23.6 Å². The fraction of sp³-hybridized carbons (Fsp3) is 0.375. The largest absolute Gasteiger partial charge is 0.466 e. The zero-order valence-corrected chi connectivity index (χ0v) is 17.3. The summed E-state index contributed by atoms with van der Waals surface area (Å²) < 4.78 is 7.16. The van der Waals surface area contributed by atoms with Crippen molar-refractivity contribution in [3.63, 3.8) is 0 Å². The van der Waals surface area contributed by atoms with E-state index < -0.39 is 0 Å². The number of likely N-dealkylation sites (tertiary alicyclic amines) is 1. The number of rotatable bonds is 6. The molecule has 0 N–H and O–H groups in total. The van der Waals surface area contributed by atoms with Crippen molar-refractivity contribution in [1.82, 2.24) is 14.5 Å². The van der Waals surface area contributed by atoms with E-state index >= 15 is 0 Å². The van der Waals surface area contributed by atoms with Crippen LogP contribution in [0.5, 0.6) is 0 Å². The zero-order chi connectivity index (χ0) is 20.9. The average Bonchev–Trinajstić information content (AvgIpc) is 3.11. The first-order chi connectivity index (χ1) is 14.7. The molecule has 156 valence electrons. The number of para-hydroxylation sites is 2. The summed E-state index contributed by atoms with van der Waals surface area (Å²) in [5.74, 6) is 0.707. The molecule has 0 unspecified atom stereocenters. The second kappa shape index (κ2) is 9.11. The number of imidazole rings is 1. The highest BCUT2D eigenvalue weighted by atomic mass is 16.5. The number of aromatic nitrogens is 2. The van der Waals surface area contributed by atoms with Gasteiger partial charge in [0.1, 0.15) is 12.4 Å². The van der Waals surface area contributed by atoms with E-state index in [0.29, 0.717) is 39.0 Å². The van der Waals surface area contributed by atoms with Crippen molar-refractivity contribution in [2.75, 3.05) is 19.7 Å². The summed E-state index contributed by atoms with van der Waals surface area (Å²) in [5, 5.41) is 0. The molecule has 1 saturated heterocycles. The van der Waals surface area contributed by atoms with Crippen molar-refractivity contribution in [2.45, 2.75) is 32.7 Å². The maximum atomic E-state index is 13.1. The standard InChI is InChI=1S/C24H27N3O3/c1-2-30-24(29)19-12-14-26(15-13-19)23(28)17-27-21-11-7-6-10-20(21)25-22(27)16-18-8-4-3-5-9-18/h3-11,19H,2,12-17H2,1H3. The second-order valence-corrected chi connectivity index (χ2v) is 7.67. The number of hydrogen-bond acceptors (Lipinski definition) is 4. The van der Waals surface area contributed by atoms with Gasteiger partial charge < -0.3 is 14.2 Å². The molecule has 1 amide bonds. The van der Waals surface area contributed by atoms with E-state index in [0.717, 1.165) is 22.4 Å². The molecule has 30 heavy (non-hydrogen) atoms. The number of nitrogens with zero attached hydrogens (tertiary/aromatic N) is 3. The van der Waals surface area contributed by atoms with Gasteiger partial charge in [-0.15, -0.1) is 0 Å². The Labute approximate surface area is 176 Å². The van der Waals surface area contributed by atoms with Gasteiger partial charge in [0.15, 0.2) is 0 Å². The monoisotopic (exact) mass is 405 g/mol. The number of amides is 1. The normalized spacial score (nSPS) is 14.8. The van der Waals surface area contributed by atoms with Crippen LogP contribution in [0.1, 0.15) is 31.2 Å². The van der Waals surface area contributed by atoms with Gasteiger partial charge in [-0.05, 0) is 37.5 Å². The smallest absolute Gasteiger partial charge is 0.309 e. The number of hydrogen-bond donors (Lipinski definition) is 0. The first-order valence-electron chi connectivity index (χ1n) is 10.6. The zero-order valence-electron chi connectivity index (χ0n) is 17.3. The fourth-order valence-corrected chi connectivity index (χ4v) is 4.08. The van der Waals surface area contributed by atoms with Crippen molar-refractivity contribution in [3.8, 4) is 0 Å². The summed E-state index contributed by atoms with van der Waals surface area (Å²) in [6, 6.07) is 18.1. The molecule has 0 atom stereocenters. The third-order valence-corrected chi connectivity index (χ3v) is 5.70. The van der Waals surface area contributed by atoms with Gasteiger partial charge in [0, 0.05) is 19.5 Å². The van der Waals surface area contributed by atoms with Crippen LogP contribution in [0.15, 0.2) is 54.6 Å². The summed E-state index contributed by atoms with van der Waals surface area (Å²) in [6.07, 6.45) is 1.99. The van der Waals surface area contributed by atoms with Gasteiger partial charge >= 0.3 is 5.97 Å². The number of benzene rings is 2. The van der Waals surface area contributed by atoms with Crippen LogP contribution in [0.3, 0.4) is 0 Å². The Balaban J connectivity index is 1.50. The van der Waals surface area contributed by atoms with Gasteiger partial charge in [0.2, 0.25) is 5.91 Å². The van der Waals surface area contributed by atoms with E-state index in [9.17, 15) is 9.59 Å². The molecule has 1 aliphatic rings. The molecule has 0 bridgehead atoms. The summed E-state index contributed by atoms with van der Waals surface area (Å²) in [7, 11) is 0. The van der Waals surface area contributed by atoms with Gasteiger partial charge in [-0.2, -0.15) is 0 Å². The minimum Gasteiger partial charge on any atom is -0.466 e. The van der Waals surface area contributed by atoms with Crippen LogP contribution in [0.2, 0.25) is 0 Å². The Morgan fingerprint density at radius 2 is 1.73 bits per heavy atom. The third kappa shape index (κ3) is 4.37. The third-order valence-electron chi connectivity index (χ3n) is 5.70. The first-order valence-corrected chi connectivity index (χ1v) is 10.6. The van der Waals surface area contributed by atoms with Crippen molar-refractivity contribution >= 4 is 22.9 Å². The van der Waals surface area contributed by atoms with E-state index in [1.54, 1.807) is 0 Å². The van der Waals surface area contributed by atoms with E-state index in [1.165, 1.54) is 0 Å². The number of esters is 1. The van der Waals surface area contributed by atoms with Gasteiger partial charge in [0.25, 0.3) is 0 Å². The van der Waals surface area contributed by atoms with Gasteiger partial charge in [-0.3, -0.25) is 9.59 Å². The van der Waals surface area contributed by atoms with Crippen LogP contribution in [0.25, 0.3) is 11.0 Å². The molecule has 2 aromatic carbocycles. The minimum absolute atomic E-state index is 0.0646. The molecule has 4 rings (SSSR count). The Kier molecular flexibility index (Phi) is 6.12. The highest BCUT2D eigenvalue weighted by Crippen LogP contribution is 2.22. The summed E-state index contributed by atoms with van der Waals surface area (Å²) >= 11 is 0. The molecule has 1 fully saturated rings. The first kappa shape index (κ1) is 20.1. The van der Waals surface area contributed by atoms with Gasteiger partial charge in [-0.1, -0.05) is 42.5 Å². The lowest BCUT2D eigenvalue weighted by Gasteiger charge is -2.31. The van der Waals surface area contributed by atoms with Crippen LogP contribution in [0.4, 0.5) is 0 Å². The molecule has 0 radical (unpaired) electrons. The Morgan fingerprint density at radius 3 is 2.47 bits per heavy atom. The number of carbonyl (C=O) groups excluding carboxylic acids is 2. The SMILES string of the molecule is CCOC(=O)C1CCN(C(=O)Cn2c(Cc3ccccc3)nc3ccccc32)CC1. The molecule has 1 aromatic heterocycles. The van der Waals surface area contributed by atoms with Crippen molar-refractivity contribution < 1.29 is 14.3 Å². The van der Waals surface area contributed by atoms with Crippen molar-refractivity contribution in [2.24, 2.45) is 5.92 Å². The number of carbonyl (C=O) groups is 2. The molecule has 2 heterocycles. The lowest BCUT2D eigenvalue weighted by Crippen LogP contribution is -2.42. The van der Waals surface area contributed by atoms with E-state index in [4.69, 9.17) is 9.72 Å². The summed E-state index contributed by atoms with van der Waals surface area (Å²) in [6.45, 7) is 3.65. The van der Waals surface area contributed by atoms with Crippen LogP contribution >= 0.6 is 0 Å². The molecular weight excluding hydrogens is 378 g/mol. The molecule has 6 heteroatoms. The Morgan fingerprint density at radius 1 is 1.03 bits per heavy atom. The Bertz CT molecular complexity index is 1020. The van der Waals surface area contributed by atoms with E-state index in [2.05, 4.69) is 12.1 Å². The predicted molar refractivity (Wildman–Crippen MR) is 115 cm³/mol. The molecule has 6 nitrogen and oxygen atoms in total. The van der Waals surface area contributed by atoms with E-state index in [1.807, 2.05) is 58.9 Å². The number of ether oxygens (including phenoxy) is 1. The molecule has 1 aliphatic heterocycles. The van der Waals surface area contributed by atoms with Crippen LogP contribution in [-0.4, -0.2) is 46.0 Å². The molecule has 0 aliphatic carbocycles. The fourth-order valence-electron chi connectivity index (χ4n) is 4.08.